The van der Waals surface area contributed by atoms with Gasteiger partial charge >= 0.3 is 0 Å². The van der Waals surface area contributed by atoms with Gasteiger partial charge in [-0.15, -0.1) is 0 Å². The summed E-state index contributed by atoms with van der Waals surface area (Å²) in [6.45, 7) is 4.04. The Morgan fingerprint density at radius 1 is 1.19 bits per heavy atom. The molecule has 0 aliphatic carbocycles. The molecule has 2 heterocycles. The molecule has 0 saturated carbocycles. The minimum atomic E-state index is -0.446. The number of hydrazone groups is 1. The minimum Gasteiger partial charge on any atom is -0.493 e. The number of benzene rings is 2. The first kappa shape index (κ1) is 21.8. The molecule has 7 nitrogen and oxygen atoms in total. The third-order valence-corrected chi connectivity index (χ3v) is 6.00. The second-order valence-electron chi connectivity index (χ2n) is 7.34. The van der Waals surface area contributed by atoms with E-state index in [1.165, 1.54) is 16.8 Å². The van der Waals surface area contributed by atoms with Gasteiger partial charge in [-0.3, -0.25) is 10.2 Å². The van der Waals surface area contributed by atoms with Crippen LogP contribution in [0.2, 0.25) is 0 Å². The molecule has 0 unspecified atom stereocenters. The highest BCUT2D eigenvalue weighted by Crippen LogP contribution is 2.34. The van der Waals surface area contributed by atoms with Crippen molar-refractivity contribution in [3.63, 3.8) is 0 Å². The van der Waals surface area contributed by atoms with Crippen molar-refractivity contribution < 1.29 is 14.3 Å². The normalized spacial score (nSPS) is 17.7. The summed E-state index contributed by atoms with van der Waals surface area (Å²) in [4.78, 5) is 16.7. The lowest BCUT2D eigenvalue weighted by Gasteiger charge is -2.20. The number of carbonyl (C=O) groups is 1. The monoisotopic (exact) mass is 448 g/mol. The fourth-order valence-electron chi connectivity index (χ4n) is 3.37. The zero-order valence-corrected chi connectivity index (χ0v) is 19.0. The van der Waals surface area contributed by atoms with Gasteiger partial charge in [-0.2, -0.15) is 15.1 Å². The highest BCUT2D eigenvalue weighted by Gasteiger charge is 2.35. The van der Waals surface area contributed by atoms with Crippen LogP contribution < -0.4 is 9.47 Å². The smallest absolute Gasteiger partial charge is 0.283 e. The van der Waals surface area contributed by atoms with Gasteiger partial charge in [0.2, 0.25) is 5.17 Å². The number of nitrogens with zero attached hydrogens (tertiary/aromatic N) is 3. The number of ether oxygens (including phenoxy) is 2. The highest BCUT2D eigenvalue weighted by molar-refractivity contribution is 8.26. The van der Waals surface area contributed by atoms with Gasteiger partial charge < -0.3 is 9.47 Å². The van der Waals surface area contributed by atoms with Crippen LogP contribution in [0.5, 0.6) is 11.5 Å². The van der Waals surface area contributed by atoms with Gasteiger partial charge in [-0.25, -0.2) is 0 Å². The lowest BCUT2D eigenvalue weighted by atomic mass is 10.1. The van der Waals surface area contributed by atoms with Crippen molar-refractivity contribution in [2.45, 2.75) is 32.8 Å². The van der Waals surface area contributed by atoms with E-state index in [0.717, 1.165) is 23.4 Å². The van der Waals surface area contributed by atoms with E-state index in [2.05, 4.69) is 17.0 Å². The van der Waals surface area contributed by atoms with Crippen LogP contribution in [-0.4, -0.2) is 34.1 Å². The van der Waals surface area contributed by atoms with Crippen LogP contribution >= 0.6 is 11.8 Å². The van der Waals surface area contributed by atoms with E-state index in [9.17, 15) is 4.79 Å². The van der Waals surface area contributed by atoms with E-state index in [4.69, 9.17) is 14.9 Å². The maximum absolute atomic E-state index is 12.6. The number of amidine groups is 2. The Balaban J connectivity index is 1.58. The van der Waals surface area contributed by atoms with Crippen LogP contribution in [-0.2, 0) is 4.79 Å². The van der Waals surface area contributed by atoms with Crippen molar-refractivity contribution in [2.24, 2.45) is 10.1 Å². The SMILES string of the molecule is CCCC1=NN2C(=N)/C(=C\c3ccc(O[C@@H](C)c4ccccc4)c(OC)c3)C(=O)N=C2S1. The zero-order valence-electron chi connectivity index (χ0n) is 18.2. The van der Waals surface area contributed by atoms with Crippen molar-refractivity contribution in [3.05, 3.63) is 65.2 Å². The van der Waals surface area contributed by atoms with Crippen LogP contribution in [0.4, 0.5) is 0 Å². The molecule has 1 N–H and O–H groups in total. The molecule has 0 fully saturated rings. The third kappa shape index (κ3) is 4.45. The summed E-state index contributed by atoms with van der Waals surface area (Å²) in [7, 11) is 1.57. The van der Waals surface area contributed by atoms with Gasteiger partial charge in [0.05, 0.1) is 12.7 Å². The second kappa shape index (κ2) is 9.40. The number of carbonyl (C=O) groups excluding carboxylic acids is 1. The van der Waals surface area contributed by atoms with Crippen LogP contribution in [0.25, 0.3) is 6.08 Å². The van der Waals surface area contributed by atoms with Gasteiger partial charge in [-0.05, 0) is 60.9 Å². The quantitative estimate of drug-likeness (QED) is 0.584. The number of hydrogen-bond acceptors (Lipinski definition) is 6. The van der Waals surface area contributed by atoms with Gasteiger partial charge in [0, 0.05) is 0 Å². The van der Waals surface area contributed by atoms with Crippen molar-refractivity contribution in [1.29, 1.82) is 5.41 Å². The number of fused-ring (bicyclic) bond motifs is 1. The van der Waals surface area contributed by atoms with Crippen molar-refractivity contribution in [3.8, 4) is 11.5 Å². The topological polar surface area (TPSA) is 87.3 Å². The van der Waals surface area contributed by atoms with E-state index in [1.54, 1.807) is 25.3 Å². The molecule has 0 saturated heterocycles. The Hall–Kier alpha value is -3.39. The number of hydrogen-bond donors (Lipinski definition) is 1. The summed E-state index contributed by atoms with van der Waals surface area (Å²) in [6.07, 6.45) is 3.21. The summed E-state index contributed by atoms with van der Waals surface area (Å²) in [5, 5.41) is 15.7. The zero-order chi connectivity index (χ0) is 22.7. The van der Waals surface area contributed by atoms with Crippen LogP contribution in [0.3, 0.4) is 0 Å². The largest absolute Gasteiger partial charge is 0.493 e. The molecular weight excluding hydrogens is 424 g/mol. The standard InChI is InChI=1S/C24H24N4O3S/c1-4-8-21-27-28-22(25)18(23(29)26-24(28)32-21)13-16-11-12-19(20(14-16)30-3)31-15(2)17-9-6-5-7-10-17/h5-7,9-15,25H,4,8H2,1-3H3/b18-13+,25-22?/t15-/m0/s1. The summed E-state index contributed by atoms with van der Waals surface area (Å²) in [6, 6.07) is 15.3. The Bertz CT molecular complexity index is 1140. The van der Waals surface area contributed by atoms with E-state index < -0.39 is 5.91 Å². The lowest BCUT2D eigenvalue weighted by molar-refractivity contribution is -0.114. The Morgan fingerprint density at radius 3 is 2.69 bits per heavy atom. The molecule has 0 spiro atoms. The minimum absolute atomic E-state index is 0.0237. The number of aliphatic imine (C=N–C) groups is 1. The molecule has 0 bridgehead atoms. The molecule has 2 aromatic carbocycles. The van der Waals surface area contributed by atoms with Crippen molar-refractivity contribution >= 4 is 39.8 Å². The van der Waals surface area contributed by atoms with Crippen LogP contribution in [0.15, 0.2) is 64.2 Å². The average Bonchev–Trinajstić information content (AvgIpc) is 3.20. The fourth-order valence-corrected chi connectivity index (χ4v) is 4.35. The van der Waals surface area contributed by atoms with Gasteiger partial charge in [-0.1, -0.05) is 43.3 Å². The van der Waals surface area contributed by atoms with E-state index in [-0.39, 0.29) is 17.5 Å². The van der Waals surface area contributed by atoms with Crippen LogP contribution in [0.1, 0.15) is 43.9 Å². The molecule has 1 amide bonds. The molecule has 1 atom stereocenters. The molecule has 8 heteroatoms. The molecule has 2 aliphatic rings. The van der Waals surface area contributed by atoms with Gasteiger partial charge in [0.25, 0.3) is 5.91 Å². The number of rotatable bonds is 7. The first-order chi connectivity index (χ1) is 15.5. The first-order valence-electron chi connectivity index (χ1n) is 10.4. The van der Waals surface area contributed by atoms with Crippen molar-refractivity contribution in [2.75, 3.05) is 7.11 Å². The molecule has 0 radical (unpaired) electrons. The van der Waals surface area contributed by atoms with Crippen LogP contribution in [0, 0.1) is 5.41 Å². The highest BCUT2D eigenvalue weighted by atomic mass is 32.2. The molecule has 4 rings (SSSR count). The van der Waals surface area contributed by atoms with E-state index in [0.29, 0.717) is 22.2 Å². The average molecular weight is 449 g/mol. The molecular formula is C24H24N4O3S. The fraction of sp³-hybridized carbons (Fsp3) is 0.250. The summed E-state index contributed by atoms with van der Waals surface area (Å²) in [5.74, 6) is 0.719. The van der Waals surface area contributed by atoms with E-state index in [1.807, 2.05) is 43.3 Å². The lowest BCUT2D eigenvalue weighted by Crippen LogP contribution is -2.35. The van der Waals surface area contributed by atoms with E-state index >= 15 is 0 Å². The molecule has 32 heavy (non-hydrogen) atoms. The first-order valence-corrected chi connectivity index (χ1v) is 11.2. The molecule has 0 aromatic heterocycles. The maximum Gasteiger partial charge on any atom is 0.283 e. The number of amides is 1. The third-order valence-electron chi connectivity index (χ3n) is 5.03. The van der Waals surface area contributed by atoms with Gasteiger partial charge in [0.15, 0.2) is 17.3 Å². The molecule has 164 valence electrons. The Morgan fingerprint density at radius 2 is 1.97 bits per heavy atom. The summed E-state index contributed by atoms with van der Waals surface area (Å²) >= 11 is 1.35. The number of nitrogens with one attached hydrogen (secondary N) is 1. The number of methoxy groups -OCH3 is 1. The Kier molecular flexibility index (Phi) is 6.41. The summed E-state index contributed by atoms with van der Waals surface area (Å²) in [5.41, 5.74) is 1.95. The van der Waals surface area contributed by atoms with Crippen molar-refractivity contribution in [1.82, 2.24) is 5.01 Å². The molecule has 2 aliphatic heterocycles. The predicted molar refractivity (Wildman–Crippen MR) is 128 cm³/mol. The predicted octanol–water partition coefficient (Wildman–Crippen LogP) is 5.25. The summed E-state index contributed by atoms with van der Waals surface area (Å²) < 4.78 is 11.6. The molecule has 2 aromatic rings. The Labute approximate surface area is 191 Å². The maximum atomic E-state index is 12.6. The van der Waals surface area contributed by atoms with Gasteiger partial charge in [0.1, 0.15) is 11.1 Å². The number of thioether (sulfide) groups is 1. The second-order valence-corrected chi connectivity index (χ2v) is 8.39.